The van der Waals surface area contributed by atoms with Crippen molar-refractivity contribution in [2.45, 2.75) is 26.5 Å². The molecule has 4 aromatic carbocycles. The highest BCUT2D eigenvalue weighted by atomic mass is 19.1. The van der Waals surface area contributed by atoms with Crippen LogP contribution in [0.4, 0.5) is 10.1 Å². The molecular formula is C32H26FNO4. The number of aryl methyl sites for hydroxylation is 2. The Labute approximate surface area is 220 Å². The summed E-state index contributed by atoms with van der Waals surface area (Å²) >= 11 is 0. The zero-order chi connectivity index (χ0) is 26.8. The molecule has 5 nitrogen and oxygen atoms in total. The first kappa shape index (κ1) is 25.0. The third-order valence-corrected chi connectivity index (χ3v) is 6.57. The van der Waals surface area contributed by atoms with Gasteiger partial charge in [0.15, 0.2) is 0 Å². The van der Waals surface area contributed by atoms with Gasteiger partial charge in [-0.1, -0.05) is 66.2 Å². The zero-order valence-corrected chi connectivity index (χ0v) is 21.0. The average Bonchev–Trinajstić information content (AvgIpc) is 3.18. The van der Waals surface area contributed by atoms with Gasteiger partial charge in [-0.3, -0.25) is 14.5 Å². The topological polar surface area (TPSA) is 66.8 Å². The van der Waals surface area contributed by atoms with Crippen molar-refractivity contribution < 1.29 is 23.8 Å². The van der Waals surface area contributed by atoms with E-state index in [9.17, 15) is 19.1 Å². The molecule has 1 saturated heterocycles. The second-order valence-corrected chi connectivity index (χ2v) is 9.32. The molecule has 38 heavy (non-hydrogen) atoms. The summed E-state index contributed by atoms with van der Waals surface area (Å²) in [5.41, 5.74) is 3.90. The molecule has 1 fully saturated rings. The number of ether oxygens (including phenoxy) is 1. The molecule has 1 amide bonds. The average molecular weight is 508 g/mol. The van der Waals surface area contributed by atoms with Crippen molar-refractivity contribution in [2.75, 3.05) is 4.90 Å². The van der Waals surface area contributed by atoms with Crippen LogP contribution in [0.1, 0.15) is 33.9 Å². The summed E-state index contributed by atoms with van der Waals surface area (Å²) in [5, 5.41) is 11.4. The molecule has 1 aliphatic heterocycles. The summed E-state index contributed by atoms with van der Waals surface area (Å²) < 4.78 is 20.1. The molecule has 1 atom stereocenters. The van der Waals surface area contributed by atoms with Crippen LogP contribution in [0.15, 0.2) is 103 Å². The molecule has 1 N–H and O–H groups in total. The van der Waals surface area contributed by atoms with E-state index in [1.807, 2.05) is 62.4 Å². The molecule has 0 aliphatic carbocycles. The van der Waals surface area contributed by atoms with E-state index < -0.39 is 23.5 Å². The molecule has 0 spiro atoms. The van der Waals surface area contributed by atoms with E-state index in [1.165, 1.54) is 23.1 Å². The fourth-order valence-corrected chi connectivity index (χ4v) is 4.73. The Morgan fingerprint density at radius 1 is 0.895 bits per heavy atom. The Balaban J connectivity index is 1.57. The van der Waals surface area contributed by atoms with E-state index in [1.54, 1.807) is 30.3 Å². The first-order valence-electron chi connectivity index (χ1n) is 12.2. The van der Waals surface area contributed by atoms with Gasteiger partial charge < -0.3 is 9.84 Å². The third kappa shape index (κ3) is 4.81. The van der Waals surface area contributed by atoms with Crippen LogP contribution in [0.25, 0.3) is 5.76 Å². The maximum Gasteiger partial charge on any atom is 0.300 e. The van der Waals surface area contributed by atoms with E-state index in [4.69, 9.17) is 4.74 Å². The fraction of sp³-hybridized carbons (Fsp3) is 0.125. The highest BCUT2D eigenvalue weighted by Gasteiger charge is 2.47. The predicted octanol–water partition coefficient (Wildman–Crippen LogP) is 6.65. The van der Waals surface area contributed by atoms with Gasteiger partial charge in [-0.25, -0.2) is 4.39 Å². The predicted molar refractivity (Wildman–Crippen MR) is 144 cm³/mol. The van der Waals surface area contributed by atoms with Gasteiger partial charge in [0.05, 0.1) is 11.6 Å². The second kappa shape index (κ2) is 10.3. The van der Waals surface area contributed by atoms with Gasteiger partial charge in [0.25, 0.3) is 11.7 Å². The summed E-state index contributed by atoms with van der Waals surface area (Å²) in [6.45, 7) is 4.13. The molecular weight excluding hydrogens is 481 g/mol. The van der Waals surface area contributed by atoms with E-state index in [2.05, 4.69) is 0 Å². The summed E-state index contributed by atoms with van der Waals surface area (Å²) in [6, 6.07) is 26.8. The third-order valence-electron chi connectivity index (χ3n) is 6.57. The highest BCUT2D eigenvalue weighted by Crippen LogP contribution is 2.42. The van der Waals surface area contributed by atoms with E-state index in [0.29, 0.717) is 23.5 Å². The lowest BCUT2D eigenvalue weighted by molar-refractivity contribution is -0.132. The van der Waals surface area contributed by atoms with Crippen molar-refractivity contribution in [3.05, 3.63) is 136 Å². The molecule has 190 valence electrons. The number of carbonyl (C=O) groups excluding carboxylic acids is 2. The standard InChI is InChI=1S/C32H26FNO4/c1-20-8-6-11-23(16-20)29-28(31(36)32(37)34(29)26-13-7-12-25(33)18-26)30(35)24-14-15-27(21(2)17-24)38-19-22-9-4-3-5-10-22/h3-18,29,35H,19H2,1-2H3/b30-28+. The number of Topliss-reactive ketones (excluding diaryl/α,β-unsaturated/α-hetero) is 1. The normalized spacial score (nSPS) is 16.6. The van der Waals surface area contributed by atoms with Crippen LogP contribution in [-0.2, 0) is 16.2 Å². The van der Waals surface area contributed by atoms with Crippen molar-refractivity contribution in [1.82, 2.24) is 0 Å². The number of rotatable bonds is 6. The quantitative estimate of drug-likeness (QED) is 0.180. The molecule has 0 saturated carbocycles. The molecule has 5 rings (SSSR count). The number of halogens is 1. The highest BCUT2D eigenvalue weighted by molar-refractivity contribution is 6.51. The van der Waals surface area contributed by atoms with Crippen molar-refractivity contribution in [1.29, 1.82) is 0 Å². The number of hydrogen-bond donors (Lipinski definition) is 1. The summed E-state index contributed by atoms with van der Waals surface area (Å²) in [6.07, 6.45) is 0. The zero-order valence-electron chi connectivity index (χ0n) is 21.0. The Bertz CT molecular complexity index is 1560. The van der Waals surface area contributed by atoms with Crippen molar-refractivity contribution in [3.63, 3.8) is 0 Å². The Kier molecular flexibility index (Phi) is 6.79. The number of ketones is 1. The number of amides is 1. The van der Waals surface area contributed by atoms with Gasteiger partial charge >= 0.3 is 0 Å². The van der Waals surface area contributed by atoms with Crippen molar-refractivity contribution in [2.24, 2.45) is 0 Å². The fourth-order valence-electron chi connectivity index (χ4n) is 4.73. The Hall–Kier alpha value is -4.71. The monoisotopic (exact) mass is 507 g/mol. The van der Waals surface area contributed by atoms with Gasteiger partial charge in [0.1, 0.15) is 23.9 Å². The number of anilines is 1. The van der Waals surface area contributed by atoms with Crippen LogP contribution in [0.3, 0.4) is 0 Å². The molecule has 0 radical (unpaired) electrons. The van der Waals surface area contributed by atoms with Crippen LogP contribution in [0.2, 0.25) is 0 Å². The van der Waals surface area contributed by atoms with Crippen LogP contribution < -0.4 is 9.64 Å². The first-order chi connectivity index (χ1) is 18.3. The number of nitrogens with zero attached hydrogens (tertiary/aromatic N) is 1. The largest absolute Gasteiger partial charge is 0.507 e. The van der Waals surface area contributed by atoms with E-state index in [0.717, 1.165) is 16.7 Å². The van der Waals surface area contributed by atoms with Crippen LogP contribution in [0.5, 0.6) is 5.75 Å². The SMILES string of the molecule is Cc1cccc(C2/C(=C(\O)c3ccc(OCc4ccccc4)c(C)c3)C(=O)C(=O)N2c2cccc(F)c2)c1. The van der Waals surface area contributed by atoms with Crippen LogP contribution in [0, 0.1) is 19.7 Å². The van der Waals surface area contributed by atoms with Crippen molar-refractivity contribution >= 4 is 23.1 Å². The Morgan fingerprint density at radius 3 is 2.37 bits per heavy atom. The minimum absolute atomic E-state index is 0.0535. The van der Waals surface area contributed by atoms with Gasteiger partial charge in [0.2, 0.25) is 0 Å². The summed E-state index contributed by atoms with van der Waals surface area (Å²) in [4.78, 5) is 27.8. The minimum Gasteiger partial charge on any atom is -0.507 e. The molecule has 0 aromatic heterocycles. The molecule has 0 bridgehead atoms. The van der Waals surface area contributed by atoms with Gasteiger partial charge in [-0.15, -0.1) is 0 Å². The summed E-state index contributed by atoms with van der Waals surface area (Å²) in [5.74, 6) is -1.86. The molecule has 1 unspecified atom stereocenters. The number of aliphatic hydroxyl groups excluding tert-OH is 1. The van der Waals surface area contributed by atoms with Crippen LogP contribution in [-0.4, -0.2) is 16.8 Å². The lowest BCUT2D eigenvalue weighted by Gasteiger charge is -2.25. The molecule has 1 aliphatic rings. The first-order valence-corrected chi connectivity index (χ1v) is 12.2. The lowest BCUT2D eigenvalue weighted by Crippen LogP contribution is -2.29. The molecule has 4 aromatic rings. The smallest absolute Gasteiger partial charge is 0.300 e. The summed E-state index contributed by atoms with van der Waals surface area (Å²) in [7, 11) is 0. The number of aliphatic hydroxyl groups is 1. The second-order valence-electron chi connectivity index (χ2n) is 9.32. The number of carbonyl (C=O) groups is 2. The van der Waals surface area contributed by atoms with Crippen LogP contribution >= 0.6 is 0 Å². The lowest BCUT2D eigenvalue weighted by atomic mass is 9.94. The van der Waals surface area contributed by atoms with Gasteiger partial charge in [-0.2, -0.15) is 0 Å². The van der Waals surface area contributed by atoms with Gasteiger partial charge in [-0.05, 0) is 66.9 Å². The Morgan fingerprint density at radius 2 is 1.66 bits per heavy atom. The molecule has 1 heterocycles. The molecule has 6 heteroatoms. The number of benzene rings is 4. The van der Waals surface area contributed by atoms with Gasteiger partial charge in [0, 0.05) is 11.3 Å². The minimum atomic E-state index is -0.925. The van der Waals surface area contributed by atoms with E-state index in [-0.39, 0.29) is 17.0 Å². The van der Waals surface area contributed by atoms with Crippen molar-refractivity contribution in [3.8, 4) is 5.75 Å². The maximum absolute atomic E-state index is 14.1. The van der Waals surface area contributed by atoms with E-state index >= 15 is 0 Å². The maximum atomic E-state index is 14.1. The number of hydrogen-bond acceptors (Lipinski definition) is 4.